The van der Waals surface area contributed by atoms with Crippen molar-refractivity contribution in [1.82, 2.24) is 4.98 Å². The minimum atomic E-state index is -0.444. The second-order valence-electron chi connectivity index (χ2n) is 10.3. The van der Waals surface area contributed by atoms with E-state index in [0.717, 1.165) is 23.5 Å². The highest BCUT2D eigenvalue weighted by Gasteiger charge is 2.37. The molecule has 2 fully saturated rings. The van der Waals surface area contributed by atoms with Gasteiger partial charge in [0, 0.05) is 27.6 Å². The normalized spacial score (nSPS) is 23.5. The van der Waals surface area contributed by atoms with E-state index in [9.17, 15) is 4.79 Å². The van der Waals surface area contributed by atoms with Crippen LogP contribution in [0.1, 0.15) is 87.1 Å². The van der Waals surface area contributed by atoms with E-state index in [-0.39, 0.29) is 5.97 Å². The number of esters is 1. The van der Waals surface area contributed by atoms with E-state index in [2.05, 4.69) is 29.3 Å². The fraction of sp³-hybridized carbons (Fsp3) is 0.680. The van der Waals surface area contributed by atoms with E-state index in [1.54, 1.807) is 11.3 Å². The molecule has 2 heterocycles. The maximum absolute atomic E-state index is 12.3. The highest BCUT2D eigenvalue weighted by molar-refractivity contribution is 7.14. The first-order valence-electron chi connectivity index (χ1n) is 11.7. The summed E-state index contributed by atoms with van der Waals surface area (Å²) in [4.78, 5) is 22.3. The van der Waals surface area contributed by atoms with Gasteiger partial charge in [-0.2, -0.15) is 0 Å². The third-order valence-corrected chi connectivity index (χ3v) is 8.49. The lowest BCUT2D eigenvalue weighted by Gasteiger charge is -2.24. The molecular formula is C25H36N2O2S2. The van der Waals surface area contributed by atoms with Crippen LogP contribution in [0.5, 0.6) is 0 Å². The summed E-state index contributed by atoms with van der Waals surface area (Å²) in [6, 6.07) is 4.36. The summed E-state index contributed by atoms with van der Waals surface area (Å²) in [5.41, 5.74) is 0.833. The van der Waals surface area contributed by atoms with Gasteiger partial charge in [-0.05, 0) is 64.5 Å². The highest BCUT2D eigenvalue weighted by atomic mass is 32.1. The molecule has 2 saturated carbocycles. The Balaban J connectivity index is 1.45. The van der Waals surface area contributed by atoms with Crippen LogP contribution >= 0.6 is 22.7 Å². The number of fused-ring (bicyclic) bond motifs is 1. The van der Waals surface area contributed by atoms with E-state index in [4.69, 9.17) is 9.72 Å². The van der Waals surface area contributed by atoms with Crippen molar-refractivity contribution in [1.29, 1.82) is 0 Å². The number of hydrogen-bond acceptors (Lipinski definition) is 6. The van der Waals surface area contributed by atoms with Crippen molar-refractivity contribution in [2.75, 3.05) is 11.4 Å². The van der Waals surface area contributed by atoms with Crippen LogP contribution in [0.25, 0.3) is 0 Å². The van der Waals surface area contributed by atoms with Crippen molar-refractivity contribution in [3.63, 3.8) is 0 Å². The average molecular weight is 461 g/mol. The summed E-state index contributed by atoms with van der Waals surface area (Å²) < 4.78 is 5.54. The van der Waals surface area contributed by atoms with Crippen LogP contribution in [0, 0.1) is 18.8 Å². The Morgan fingerprint density at radius 2 is 1.90 bits per heavy atom. The number of rotatable bonds is 7. The zero-order valence-corrected chi connectivity index (χ0v) is 21.0. The molecule has 4 nitrogen and oxygen atoms in total. The van der Waals surface area contributed by atoms with Crippen LogP contribution < -0.4 is 4.90 Å². The lowest BCUT2D eigenvalue weighted by atomic mass is 9.82. The fourth-order valence-corrected chi connectivity index (χ4v) is 7.04. The molecule has 2 aliphatic carbocycles. The number of anilines is 1. The Hall–Kier alpha value is -1.40. The first kappa shape index (κ1) is 22.8. The van der Waals surface area contributed by atoms with Crippen molar-refractivity contribution in [2.24, 2.45) is 11.8 Å². The van der Waals surface area contributed by atoms with Crippen molar-refractivity contribution >= 4 is 33.8 Å². The average Bonchev–Trinajstić information content (AvgIpc) is 3.42. The smallest absolute Gasteiger partial charge is 0.308 e. The number of carbonyl (C=O) groups is 1. The zero-order chi connectivity index (χ0) is 22.0. The molecule has 2 aromatic heterocycles. The molecule has 0 aromatic carbocycles. The number of aryl methyl sites for hydroxylation is 1. The van der Waals surface area contributed by atoms with E-state index in [1.165, 1.54) is 54.0 Å². The standard InChI is InChI=1S/C25H36N2O2S2/c1-17-9-10-21(31-17)15-27(12-11-23(28)29-25(2,3)4)24-26-22(16-30-24)20-13-18-7-5-6-8-19(18)14-20/h9-10,16,18-20H,5-8,11-15H2,1-4H3. The van der Waals surface area contributed by atoms with E-state index >= 15 is 0 Å². The van der Waals surface area contributed by atoms with E-state index < -0.39 is 5.60 Å². The summed E-state index contributed by atoms with van der Waals surface area (Å²) in [5.74, 6) is 2.31. The van der Waals surface area contributed by atoms with Gasteiger partial charge >= 0.3 is 5.97 Å². The monoisotopic (exact) mass is 460 g/mol. The molecule has 2 aliphatic rings. The molecule has 31 heavy (non-hydrogen) atoms. The lowest BCUT2D eigenvalue weighted by molar-refractivity contribution is -0.154. The van der Waals surface area contributed by atoms with Gasteiger partial charge in [0.25, 0.3) is 0 Å². The Kier molecular flexibility index (Phi) is 7.07. The summed E-state index contributed by atoms with van der Waals surface area (Å²) in [6.45, 7) is 9.33. The number of carbonyl (C=O) groups excluding carboxylic acids is 1. The van der Waals surface area contributed by atoms with Crippen LogP contribution in [-0.2, 0) is 16.1 Å². The third kappa shape index (κ3) is 6.10. The van der Waals surface area contributed by atoms with Crippen LogP contribution in [0.3, 0.4) is 0 Å². The predicted molar refractivity (Wildman–Crippen MR) is 130 cm³/mol. The van der Waals surface area contributed by atoms with Gasteiger partial charge in [-0.15, -0.1) is 22.7 Å². The van der Waals surface area contributed by atoms with Crippen LogP contribution in [-0.4, -0.2) is 23.1 Å². The largest absolute Gasteiger partial charge is 0.460 e. The van der Waals surface area contributed by atoms with Crippen LogP contribution in [0.15, 0.2) is 17.5 Å². The van der Waals surface area contributed by atoms with Gasteiger partial charge in [0.1, 0.15) is 5.60 Å². The quantitative estimate of drug-likeness (QED) is 0.420. The zero-order valence-electron chi connectivity index (χ0n) is 19.4. The highest BCUT2D eigenvalue weighted by Crippen LogP contribution is 2.49. The molecule has 0 amide bonds. The first-order chi connectivity index (χ1) is 14.8. The molecule has 170 valence electrons. The molecule has 0 spiro atoms. The Morgan fingerprint density at radius 3 is 2.52 bits per heavy atom. The summed E-state index contributed by atoms with van der Waals surface area (Å²) in [5, 5.41) is 3.32. The number of nitrogens with zero attached hydrogens (tertiary/aromatic N) is 2. The Labute approximate surface area is 195 Å². The van der Waals surface area contributed by atoms with E-state index in [1.807, 2.05) is 32.1 Å². The molecule has 2 unspecified atom stereocenters. The molecule has 0 bridgehead atoms. The van der Waals surface area contributed by atoms with Gasteiger partial charge in [0.15, 0.2) is 5.13 Å². The Morgan fingerprint density at radius 1 is 1.19 bits per heavy atom. The molecule has 0 N–H and O–H groups in total. The Bertz CT molecular complexity index is 868. The second-order valence-corrected chi connectivity index (χ2v) is 12.5. The number of hydrogen-bond donors (Lipinski definition) is 0. The van der Waals surface area contributed by atoms with Gasteiger partial charge in [0.05, 0.1) is 18.7 Å². The van der Waals surface area contributed by atoms with Crippen LogP contribution in [0.4, 0.5) is 5.13 Å². The molecule has 0 saturated heterocycles. The fourth-order valence-electron chi connectivity index (χ4n) is 5.20. The third-order valence-electron chi connectivity index (χ3n) is 6.59. The van der Waals surface area contributed by atoms with Crippen molar-refractivity contribution in [3.05, 3.63) is 33.0 Å². The minimum absolute atomic E-state index is 0.142. The van der Waals surface area contributed by atoms with Gasteiger partial charge in [-0.3, -0.25) is 4.79 Å². The van der Waals surface area contributed by atoms with Gasteiger partial charge in [-0.1, -0.05) is 25.7 Å². The lowest BCUT2D eigenvalue weighted by Crippen LogP contribution is -2.29. The van der Waals surface area contributed by atoms with Gasteiger partial charge in [-0.25, -0.2) is 4.98 Å². The molecule has 6 heteroatoms. The minimum Gasteiger partial charge on any atom is -0.460 e. The molecule has 4 rings (SSSR count). The molecule has 0 radical (unpaired) electrons. The molecule has 2 atom stereocenters. The maximum Gasteiger partial charge on any atom is 0.308 e. The number of thiazole rings is 1. The van der Waals surface area contributed by atoms with Gasteiger partial charge in [0.2, 0.25) is 0 Å². The van der Waals surface area contributed by atoms with Crippen molar-refractivity contribution < 1.29 is 9.53 Å². The van der Waals surface area contributed by atoms with Crippen molar-refractivity contribution in [2.45, 2.75) is 90.7 Å². The van der Waals surface area contributed by atoms with Gasteiger partial charge < -0.3 is 9.64 Å². The van der Waals surface area contributed by atoms with Crippen molar-refractivity contribution in [3.8, 4) is 0 Å². The molecule has 2 aromatic rings. The SMILES string of the molecule is Cc1ccc(CN(CCC(=O)OC(C)(C)C)c2nc(C3CC4CCCCC4C3)cs2)s1. The molecular weight excluding hydrogens is 424 g/mol. The maximum atomic E-state index is 12.3. The first-order valence-corrected chi connectivity index (χ1v) is 13.4. The van der Waals surface area contributed by atoms with Crippen LogP contribution in [0.2, 0.25) is 0 Å². The number of aromatic nitrogens is 1. The summed E-state index contributed by atoms with van der Waals surface area (Å²) >= 11 is 3.56. The predicted octanol–water partition coefficient (Wildman–Crippen LogP) is 6.94. The second kappa shape index (κ2) is 9.62. The summed E-state index contributed by atoms with van der Waals surface area (Å²) in [7, 11) is 0. The number of ether oxygens (including phenoxy) is 1. The molecule has 0 aliphatic heterocycles. The van der Waals surface area contributed by atoms with E-state index in [0.29, 0.717) is 18.9 Å². The summed E-state index contributed by atoms with van der Waals surface area (Å²) in [6.07, 6.45) is 8.66. The number of thiophene rings is 1. The topological polar surface area (TPSA) is 42.4 Å².